The number of nitrogens with one attached hydrogen (secondary N) is 1. The van der Waals surface area contributed by atoms with Crippen molar-refractivity contribution in [1.29, 1.82) is 0 Å². The van der Waals surface area contributed by atoms with Crippen LogP contribution in [0.5, 0.6) is 0 Å². The van der Waals surface area contributed by atoms with Gasteiger partial charge in [-0.3, -0.25) is 4.90 Å². The van der Waals surface area contributed by atoms with E-state index in [4.69, 9.17) is 4.74 Å². The average molecular weight is 439 g/mol. The van der Waals surface area contributed by atoms with Crippen molar-refractivity contribution in [2.24, 2.45) is 0 Å². The first kappa shape index (κ1) is 19.5. The van der Waals surface area contributed by atoms with E-state index in [-0.39, 0.29) is 17.0 Å². The normalized spacial score (nSPS) is 18.4. The third-order valence-corrected chi connectivity index (χ3v) is 6.55. The highest BCUT2D eigenvalue weighted by molar-refractivity contribution is 9.10. The molecule has 3 rings (SSSR count). The third kappa shape index (κ3) is 4.72. The summed E-state index contributed by atoms with van der Waals surface area (Å²) in [6.45, 7) is 4.80. The van der Waals surface area contributed by atoms with E-state index >= 15 is 0 Å². The average Bonchev–Trinajstić information content (AvgIpc) is 2.63. The first-order chi connectivity index (χ1) is 12.5. The molecule has 1 N–H and O–H groups in total. The zero-order valence-corrected chi connectivity index (χ0v) is 17.0. The van der Waals surface area contributed by atoms with E-state index in [1.54, 1.807) is 18.2 Å². The summed E-state index contributed by atoms with van der Waals surface area (Å²) in [5.41, 5.74) is 1.10. The topological polar surface area (TPSA) is 58.6 Å². The SMILES string of the molecule is C[C@@H](NS(=O)(=O)c1cccc(Br)c1)[C@@H](c1ccccc1)N1CCOCC1. The summed E-state index contributed by atoms with van der Waals surface area (Å²) < 4.78 is 34.7. The molecule has 1 saturated heterocycles. The molecule has 0 aliphatic carbocycles. The van der Waals surface area contributed by atoms with E-state index in [0.29, 0.717) is 13.2 Å². The molecule has 0 bridgehead atoms. The number of hydrogen-bond acceptors (Lipinski definition) is 4. The Morgan fingerprint density at radius 1 is 1.08 bits per heavy atom. The van der Waals surface area contributed by atoms with Crippen LogP contribution in [0.2, 0.25) is 0 Å². The predicted octanol–water partition coefficient (Wildman–Crippen LogP) is 3.19. The van der Waals surface area contributed by atoms with Crippen molar-refractivity contribution in [3.8, 4) is 0 Å². The Labute approximate surface area is 163 Å². The minimum atomic E-state index is -3.61. The van der Waals surface area contributed by atoms with Crippen LogP contribution in [0.4, 0.5) is 0 Å². The second-order valence-electron chi connectivity index (χ2n) is 6.37. The van der Waals surface area contributed by atoms with Gasteiger partial charge in [0.05, 0.1) is 24.2 Å². The highest BCUT2D eigenvalue weighted by atomic mass is 79.9. The fraction of sp³-hybridized carbons (Fsp3) is 0.368. The van der Waals surface area contributed by atoms with Crippen molar-refractivity contribution in [3.05, 3.63) is 64.6 Å². The van der Waals surface area contributed by atoms with Gasteiger partial charge in [0, 0.05) is 23.6 Å². The number of sulfonamides is 1. The molecular formula is C19H23BrN2O3S. The second-order valence-corrected chi connectivity index (χ2v) is 9.00. The van der Waals surface area contributed by atoms with Crippen molar-refractivity contribution in [2.75, 3.05) is 26.3 Å². The summed E-state index contributed by atoms with van der Waals surface area (Å²) >= 11 is 3.33. The largest absolute Gasteiger partial charge is 0.379 e. The summed E-state index contributed by atoms with van der Waals surface area (Å²) in [6, 6.07) is 16.4. The number of morpholine rings is 1. The fourth-order valence-corrected chi connectivity index (χ4v) is 5.18. The molecule has 0 saturated carbocycles. The quantitative estimate of drug-likeness (QED) is 0.751. The van der Waals surface area contributed by atoms with Crippen LogP contribution >= 0.6 is 15.9 Å². The lowest BCUT2D eigenvalue weighted by atomic mass is 9.99. The highest BCUT2D eigenvalue weighted by Gasteiger charge is 2.30. The predicted molar refractivity (Wildman–Crippen MR) is 106 cm³/mol. The Kier molecular flexibility index (Phi) is 6.47. The van der Waals surface area contributed by atoms with Gasteiger partial charge >= 0.3 is 0 Å². The molecule has 7 heteroatoms. The van der Waals surface area contributed by atoms with Crippen molar-refractivity contribution >= 4 is 26.0 Å². The lowest BCUT2D eigenvalue weighted by Crippen LogP contribution is -2.48. The molecule has 26 heavy (non-hydrogen) atoms. The van der Waals surface area contributed by atoms with Crippen LogP contribution in [0.15, 0.2) is 64.0 Å². The van der Waals surface area contributed by atoms with E-state index < -0.39 is 10.0 Å². The van der Waals surface area contributed by atoms with E-state index in [2.05, 4.69) is 25.6 Å². The number of halogens is 1. The molecule has 0 amide bonds. The van der Waals surface area contributed by atoms with Gasteiger partial charge in [-0.1, -0.05) is 52.3 Å². The smallest absolute Gasteiger partial charge is 0.240 e. The zero-order chi connectivity index (χ0) is 18.6. The lowest BCUT2D eigenvalue weighted by Gasteiger charge is -2.38. The number of rotatable bonds is 6. The van der Waals surface area contributed by atoms with E-state index in [9.17, 15) is 8.42 Å². The first-order valence-corrected chi connectivity index (χ1v) is 10.9. The summed E-state index contributed by atoms with van der Waals surface area (Å²) in [5, 5.41) is 0. The van der Waals surface area contributed by atoms with E-state index in [1.807, 2.05) is 43.3 Å². The molecule has 0 aromatic heterocycles. The molecule has 2 aromatic carbocycles. The van der Waals surface area contributed by atoms with E-state index in [1.165, 1.54) is 0 Å². The molecule has 1 heterocycles. The van der Waals surface area contributed by atoms with Gasteiger partial charge in [-0.25, -0.2) is 13.1 Å². The summed E-state index contributed by atoms with van der Waals surface area (Å²) in [6.07, 6.45) is 0. The molecule has 2 aromatic rings. The van der Waals surface area contributed by atoms with Crippen LogP contribution in [0, 0.1) is 0 Å². The van der Waals surface area contributed by atoms with Gasteiger partial charge in [-0.2, -0.15) is 0 Å². The number of hydrogen-bond donors (Lipinski definition) is 1. The molecular weight excluding hydrogens is 416 g/mol. The molecule has 1 fully saturated rings. The van der Waals surface area contributed by atoms with Crippen molar-refractivity contribution < 1.29 is 13.2 Å². The van der Waals surface area contributed by atoms with Crippen LogP contribution in [0.1, 0.15) is 18.5 Å². The maximum atomic E-state index is 12.8. The van der Waals surface area contributed by atoms with Crippen LogP contribution in [-0.2, 0) is 14.8 Å². The molecule has 5 nitrogen and oxygen atoms in total. The highest BCUT2D eigenvalue weighted by Crippen LogP contribution is 2.27. The zero-order valence-electron chi connectivity index (χ0n) is 14.6. The Bertz CT molecular complexity index is 824. The van der Waals surface area contributed by atoms with Crippen LogP contribution < -0.4 is 4.72 Å². The van der Waals surface area contributed by atoms with Crippen molar-refractivity contribution in [3.63, 3.8) is 0 Å². The minimum Gasteiger partial charge on any atom is -0.379 e. The van der Waals surface area contributed by atoms with Gasteiger partial charge in [0.1, 0.15) is 0 Å². The van der Waals surface area contributed by atoms with Crippen molar-refractivity contribution in [2.45, 2.75) is 23.9 Å². The Balaban J connectivity index is 1.86. The molecule has 0 spiro atoms. The molecule has 0 radical (unpaired) electrons. The van der Waals surface area contributed by atoms with Crippen LogP contribution in [-0.4, -0.2) is 45.7 Å². The fourth-order valence-electron chi connectivity index (χ4n) is 3.33. The molecule has 1 aliphatic rings. The second kappa shape index (κ2) is 8.63. The number of benzene rings is 2. The van der Waals surface area contributed by atoms with Gasteiger partial charge in [0.2, 0.25) is 10.0 Å². The Morgan fingerprint density at radius 2 is 1.77 bits per heavy atom. The summed E-state index contributed by atoms with van der Waals surface area (Å²) in [5.74, 6) is 0. The van der Waals surface area contributed by atoms with Gasteiger partial charge in [-0.15, -0.1) is 0 Å². The first-order valence-electron chi connectivity index (χ1n) is 8.62. The van der Waals surface area contributed by atoms with Gasteiger partial charge in [0.25, 0.3) is 0 Å². The monoisotopic (exact) mass is 438 g/mol. The van der Waals surface area contributed by atoms with Gasteiger partial charge in [0.15, 0.2) is 0 Å². The van der Waals surface area contributed by atoms with Gasteiger partial charge in [-0.05, 0) is 30.7 Å². The summed E-state index contributed by atoms with van der Waals surface area (Å²) in [7, 11) is -3.61. The number of ether oxygens (including phenoxy) is 1. The van der Waals surface area contributed by atoms with Crippen LogP contribution in [0.3, 0.4) is 0 Å². The Morgan fingerprint density at radius 3 is 2.42 bits per heavy atom. The third-order valence-electron chi connectivity index (χ3n) is 4.50. The minimum absolute atomic E-state index is 0.0537. The van der Waals surface area contributed by atoms with Gasteiger partial charge < -0.3 is 4.74 Å². The van der Waals surface area contributed by atoms with Crippen molar-refractivity contribution in [1.82, 2.24) is 9.62 Å². The molecule has 140 valence electrons. The maximum absolute atomic E-state index is 12.8. The van der Waals surface area contributed by atoms with E-state index in [0.717, 1.165) is 23.1 Å². The maximum Gasteiger partial charge on any atom is 0.240 e. The Hall–Kier alpha value is -1.25. The molecule has 0 unspecified atom stereocenters. The van der Waals surface area contributed by atoms with Crippen LogP contribution in [0.25, 0.3) is 0 Å². The standard InChI is InChI=1S/C19H23BrN2O3S/c1-15(21-26(23,24)18-9-5-8-17(20)14-18)19(16-6-3-2-4-7-16)22-10-12-25-13-11-22/h2-9,14-15,19,21H,10-13H2,1H3/t15-,19+/m1/s1. The lowest BCUT2D eigenvalue weighted by molar-refractivity contribution is 0.0105. The molecule has 1 aliphatic heterocycles. The molecule has 2 atom stereocenters. The number of nitrogens with zero attached hydrogens (tertiary/aromatic N) is 1. The summed E-state index contributed by atoms with van der Waals surface area (Å²) in [4.78, 5) is 2.54.